The van der Waals surface area contributed by atoms with Gasteiger partial charge in [0.15, 0.2) is 5.69 Å². The SMILES string of the molecule is CNC(=O)[C@]12CCOC[C@H]1CN(C(=O)c1cc(C(F)(F)F)[nH]n1)C2. The molecule has 2 fully saturated rings. The van der Waals surface area contributed by atoms with E-state index in [1.807, 2.05) is 5.10 Å². The van der Waals surface area contributed by atoms with Gasteiger partial charge in [-0.1, -0.05) is 0 Å². The summed E-state index contributed by atoms with van der Waals surface area (Å²) in [5.41, 5.74) is -2.15. The predicted molar refractivity (Wildman–Crippen MR) is 74.9 cm³/mol. The lowest BCUT2D eigenvalue weighted by Crippen LogP contribution is -2.49. The number of carbonyl (C=O) groups is 2. The summed E-state index contributed by atoms with van der Waals surface area (Å²) in [5.74, 6) is -0.986. The smallest absolute Gasteiger partial charge is 0.381 e. The standard InChI is InChI=1S/C14H17F3N4O3/c1-18-12(23)13-2-3-24-6-8(13)5-21(7-13)11(22)9-4-10(20-19-9)14(15,16)17/h4,8H,2-3,5-7H2,1H3,(H,18,23)(H,19,20)/t8-,13+/m1/s1. The number of aromatic amines is 1. The first-order chi connectivity index (χ1) is 11.3. The fourth-order valence-corrected chi connectivity index (χ4v) is 3.46. The molecule has 1 aromatic heterocycles. The van der Waals surface area contributed by atoms with Gasteiger partial charge in [-0.15, -0.1) is 0 Å². The van der Waals surface area contributed by atoms with Crippen molar-refractivity contribution in [1.82, 2.24) is 20.4 Å². The maximum atomic E-state index is 12.6. The monoisotopic (exact) mass is 346 g/mol. The van der Waals surface area contributed by atoms with Crippen LogP contribution in [0, 0.1) is 11.3 Å². The van der Waals surface area contributed by atoms with Crippen LogP contribution in [0.2, 0.25) is 0 Å². The molecule has 2 atom stereocenters. The second kappa shape index (κ2) is 5.76. The third kappa shape index (κ3) is 2.64. The van der Waals surface area contributed by atoms with E-state index in [0.29, 0.717) is 25.7 Å². The van der Waals surface area contributed by atoms with Crippen LogP contribution in [0.1, 0.15) is 22.6 Å². The molecule has 0 saturated carbocycles. The Kier molecular flexibility index (Phi) is 4.02. The molecule has 10 heteroatoms. The third-order valence-electron chi connectivity index (χ3n) is 4.78. The summed E-state index contributed by atoms with van der Waals surface area (Å²) in [6.45, 7) is 1.15. The van der Waals surface area contributed by atoms with Gasteiger partial charge in [0.25, 0.3) is 5.91 Å². The minimum atomic E-state index is -4.60. The van der Waals surface area contributed by atoms with Crippen molar-refractivity contribution in [2.75, 3.05) is 33.4 Å². The van der Waals surface area contributed by atoms with E-state index in [-0.39, 0.29) is 30.6 Å². The first-order valence-corrected chi connectivity index (χ1v) is 7.50. The normalized spacial score (nSPS) is 27.0. The third-order valence-corrected chi connectivity index (χ3v) is 4.78. The number of fused-ring (bicyclic) bond motifs is 1. The summed E-state index contributed by atoms with van der Waals surface area (Å²) in [4.78, 5) is 26.2. The molecule has 132 valence electrons. The number of amides is 2. The zero-order valence-corrected chi connectivity index (χ0v) is 12.9. The molecular formula is C14H17F3N4O3. The van der Waals surface area contributed by atoms with E-state index < -0.39 is 23.2 Å². The maximum Gasteiger partial charge on any atom is 0.432 e. The van der Waals surface area contributed by atoms with Crippen LogP contribution in [0.4, 0.5) is 13.2 Å². The van der Waals surface area contributed by atoms with E-state index >= 15 is 0 Å². The maximum absolute atomic E-state index is 12.6. The lowest BCUT2D eigenvalue weighted by Gasteiger charge is -2.36. The van der Waals surface area contributed by atoms with Crippen LogP contribution < -0.4 is 5.32 Å². The molecule has 2 amide bonds. The van der Waals surface area contributed by atoms with Gasteiger partial charge in [-0.3, -0.25) is 14.7 Å². The van der Waals surface area contributed by atoms with E-state index in [9.17, 15) is 22.8 Å². The number of nitrogens with zero attached hydrogens (tertiary/aromatic N) is 2. The highest BCUT2D eigenvalue weighted by Gasteiger charge is 2.54. The Hall–Kier alpha value is -2.10. The van der Waals surface area contributed by atoms with Crippen LogP contribution in [0.25, 0.3) is 0 Å². The van der Waals surface area contributed by atoms with Crippen LogP contribution >= 0.6 is 0 Å². The second-order valence-corrected chi connectivity index (χ2v) is 6.11. The first kappa shape index (κ1) is 16.7. The molecule has 0 spiro atoms. The van der Waals surface area contributed by atoms with Crippen molar-refractivity contribution in [1.29, 1.82) is 0 Å². The number of likely N-dealkylation sites (tertiary alicyclic amines) is 1. The summed E-state index contributed by atoms with van der Waals surface area (Å²) in [6.07, 6.45) is -4.13. The van der Waals surface area contributed by atoms with Crippen molar-refractivity contribution < 1.29 is 27.5 Å². The van der Waals surface area contributed by atoms with Crippen LogP contribution in [-0.4, -0.2) is 60.3 Å². The van der Waals surface area contributed by atoms with Crippen LogP contribution in [0.5, 0.6) is 0 Å². The Morgan fingerprint density at radius 1 is 1.50 bits per heavy atom. The van der Waals surface area contributed by atoms with Gasteiger partial charge in [-0.05, 0) is 6.42 Å². The summed E-state index contributed by atoms with van der Waals surface area (Å²) in [7, 11) is 1.53. The van der Waals surface area contributed by atoms with Gasteiger partial charge in [0.2, 0.25) is 5.91 Å². The number of H-pyrrole nitrogens is 1. The Morgan fingerprint density at radius 3 is 2.88 bits per heavy atom. The molecule has 24 heavy (non-hydrogen) atoms. The number of rotatable bonds is 2. The zero-order chi connectivity index (χ0) is 17.5. The Morgan fingerprint density at radius 2 is 2.25 bits per heavy atom. The number of nitrogens with one attached hydrogen (secondary N) is 2. The number of alkyl halides is 3. The molecule has 0 unspecified atom stereocenters. The Labute approximate surface area is 135 Å². The zero-order valence-electron chi connectivity index (χ0n) is 12.9. The summed E-state index contributed by atoms with van der Waals surface area (Å²) in [5, 5.41) is 7.91. The number of hydrogen-bond donors (Lipinski definition) is 2. The van der Waals surface area contributed by atoms with Crippen molar-refractivity contribution in [3.63, 3.8) is 0 Å². The molecule has 3 rings (SSSR count). The van der Waals surface area contributed by atoms with Gasteiger partial charge in [0.1, 0.15) is 5.69 Å². The van der Waals surface area contributed by atoms with Gasteiger partial charge >= 0.3 is 6.18 Å². The number of ether oxygens (including phenoxy) is 1. The van der Waals surface area contributed by atoms with Crippen LogP contribution in [0.3, 0.4) is 0 Å². The number of halogens is 3. The minimum Gasteiger partial charge on any atom is -0.381 e. The summed E-state index contributed by atoms with van der Waals surface area (Å²) in [6, 6.07) is 0.688. The Bertz CT molecular complexity index is 660. The molecule has 2 aliphatic heterocycles. The Balaban J connectivity index is 1.82. The predicted octanol–water partition coefficient (Wildman–Crippen LogP) is 0.653. The average Bonchev–Trinajstić information content (AvgIpc) is 3.18. The molecule has 3 heterocycles. The quantitative estimate of drug-likeness (QED) is 0.823. The molecule has 0 aromatic carbocycles. The number of hydrogen-bond acceptors (Lipinski definition) is 4. The van der Waals surface area contributed by atoms with Crippen molar-refractivity contribution in [2.45, 2.75) is 12.6 Å². The van der Waals surface area contributed by atoms with Crippen LogP contribution in [0.15, 0.2) is 6.07 Å². The lowest BCUT2D eigenvalue weighted by atomic mass is 9.73. The highest BCUT2D eigenvalue weighted by molar-refractivity contribution is 5.94. The van der Waals surface area contributed by atoms with Crippen molar-refractivity contribution in [3.05, 3.63) is 17.5 Å². The molecule has 0 radical (unpaired) electrons. The average molecular weight is 346 g/mol. The largest absolute Gasteiger partial charge is 0.432 e. The number of aromatic nitrogens is 2. The lowest BCUT2D eigenvalue weighted by molar-refractivity contribution is -0.141. The van der Waals surface area contributed by atoms with E-state index in [1.54, 1.807) is 0 Å². The molecule has 0 aliphatic carbocycles. The van der Waals surface area contributed by atoms with Crippen LogP contribution in [-0.2, 0) is 15.7 Å². The fourth-order valence-electron chi connectivity index (χ4n) is 3.46. The molecule has 2 aliphatic rings. The molecule has 7 nitrogen and oxygen atoms in total. The molecule has 1 aromatic rings. The number of carbonyl (C=O) groups excluding carboxylic acids is 2. The van der Waals surface area contributed by atoms with Gasteiger partial charge in [0, 0.05) is 38.7 Å². The fraction of sp³-hybridized carbons (Fsp3) is 0.643. The van der Waals surface area contributed by atoms with Gasteiger partial charge in [-0.2, -0.15) is 18.3 Å². The summed E-state index contributed by atoms with van der Waals surface area (Å²) >= 11 is 0. The van der Waals surface area contributed by atoms with Gasteiger partial charge in [0.05, 0.1) is 12.0 Å². The van der Waals surface area contributed by atoms with Gasteiger partial charge in [-0.25, -0.2) is 0 Å². The highest BCUT2D eigenvalue weighted by atomic mass is 19.4. The van der Waals surface area contributed by atoms with E-state index in [2.05, 4.69) is 10.4 Å². The van der Waals surface area contributed by atoms with E-state index in [0.717, 1.165) is 0 Å². The minimum absolute atomic E-state index is 0.147. The van der Waals surface area contributed by atoms with E-state index in [1.165, 1.54) is 11.9 Å². The summed E-state index contributed by atoms with van der Waals surface area (Å²) < 4.78 is 43.3. The molecule has 2 N–H and O–H groups in total. The highest BCUT2D eigenvalue weighted by Crippen LogP contribution is 2.42. The van der Waals surface area contributed by atoms with Crippen molar-refractivity contribution >= 4 is 11.8 Å². The molecular weight excluding hydrogens is 329 g/mol. The first-order valence-electron chi connectivity index (χ1n) is 7.50. The van der Waals surface area contributed by atoms with E-state index in [4.69, 9.17) is 4.74 Å². The van der Waals surface area contributed by atoms with Gasteiger partial charge < -0.3 is 15.0 Å². The van der Waals surface area contributed by atoms with Crippen molar-refractivity contribution in [2.24, 2.45) is 11.3 Å². The second-order valence-electron chi connectivity index (χ2n) is 6.11. The van der Waals surface area contributed by atoms with Crippen molar-refractivity contribution in [3.8, 4) is 0 Å². The molecule has 2 saturated heterocycles. The topological polar surface area (TPSA) is 87.3 Å². The molecule has 0 bridgehead atoms.